The predicted molar refractivity (Wildman–Crippen MR) is 69.6 cm³/mol. The fraction of sp³-hybridized carbons (Fsp3) is 0.643. The number of carbonyl (C=O) groups excluding carboxylic acids is 3. The molecule has 0 amide bonds. The summed E-state index contributed by atoms with van der Waals surface area (Å²) in [5.41, 5.74) is -0.791. The Kier molecular flexibility index (Phi) is 5.73. The van der Waals surface area contributed by atoms with E-state index in [0.717, 1.165) is 0 Å². The highest BCUT2D eigenvalue weighted by atomic mass is 16.6. The molecule has 0 aromatic carbocycles. The minimum atomic E-state index is -1.35. The van der Waals surface area contributed by atoms with E-state index in [-0.39, 0.29) is 26.1 Å². The smallest absolute Gasteiger partial charge is 0.328 e. The van der Waals surface area contributed by atoms with Crippen molar-refractivity contribution >= 4 is 17.9 Å². The molecule has 0 atom stereocenters. The zero-order chi connectivity index (χ0) is 15.2. The maximum Gasteiger partial charge on any atom is 0.328 e. The van der Waals surface area contributed by atoms with Crippen LogP contribution in [-0.4, -0.2) is 37.7 Å². The van der Waals surface area contributed by atoms with Crippen molar-refractivity contribution in [1.82, 2.24) is 0 Å². The van der Waals surface area contributed by atoms with Crippen molar-refractivity contribution < 1.29 is 28.6 Å². The molecule has 0 unspecified atom stereocenters. The lowest BCUT2D eigenvalue weighted by molar-refractivity contribution is -0.163. The molecule has 0 N–H and O–H groups in total. The molecule has 0 aromatic rings. The van der Waals surface area contributed by atoms with E-state index in [9.17, 15) is 14.4 Å². The summed E-state index contributed by atoms with van der Waals surface area (Å²) in [5.74, 6) is -1.63. The highest BCUT2D eigenvalue weighted by Crippen LogP contribution is 2.54. The summed E-state index contributed by atoms with van der Waals surface area (Å²) in [7, 11) is 0. The Bertz CT molecular complexity index is 405. The van der Waals surface area contributed by atoms with Gasteiger partial charge in [0.25, 0.3) is 0 Å². The van der Waals surface area contributed by atoms with Gasteiger partial charge in [-0.25, -0.2) is 0 Å². The molecule has 6 heteroatoms. The van der Waals surface area contributed by atoms with E-state index in [1.165, 1.54) is 0 Å². The lowest BCUT2D eigenvalue weighted by atomic mass is 10.1. The maximum absolute atomic E-state index is 11.9. The monoisotopic (exact) mass is 284 g/mol. The van der Waals surface area contributed by atoms with Crippen LogP contribution in [0.3, 0.4) is 0 Å². The van der Waals surface area contributed by atoms with Crippen molar-refractivity contribution in [3.05, 3.63) is 11.6 Å². The summed E-state index contributed by atoms with van der Waals surface area (Å²) in [5, 5.41) is 0. The third-order valence-electron chi connectivity index (χ3n) is 2.95. The van der Waals surface area contributed by atoms with Crippen LogP contribution in [0.4, 0.5) is 0 Å². The van der Waals surface area contributed by atoms with Gasteiger partial charge in [-0.3, -0.25) is 14.4 Å². The van der Waals surface area contributed by atoms with E-state index in [4.69, 9.17) is 14.2 Å². The zero-order valence-electron chi connectivity index (χ0n) is 12.1. The summed E-state index contributed by atoms with van der Waals surface area (Å²) in [6.07, 6.45) is 1.82. The Morgan fingerprint density at radius 2 is 1.50 bits per heavy atom. The lowest BCUT2D eigenvalue weighted by Crippen LogP contribution is -2.30. The third kappa shape index (κ3) is 3.37. The Balaban J connectivity index is 2.79. The second-order valence-electron chi connectivity index (χ2n) is 4.26. The van der Waals surface area contributed by atoms with E-state index in [0.29, 0.717) is 12.2 Å². The van der Waals surface area contributed by atoms with Crippen LogP contribution in [0.5, 0.6) is 0 Å². The fourth-order valence-electron chi connectivity index (χ4n) is 1.91. The minimum absolute atomic E-state index is 0.0315. The molecule has 0 bridgehead atoms. The molecule has 1 aliphatic carbocycles. The Labute approximate surface area is 118 Å². The van der Waals surface area contributed by atoms with Gasteiger partial charge in [-0.1, -0.05) is 6.08 Å². The molecule has 0 radical (unpaired) electrons. The van der Waals surface area contributed by atoms with Crippen molar-refractivity contribution in [1.29, 1.82) is 0 Å². The molecule has 0 spiro atoms. The van der Waals surface area contributed by atoms with Crippen molar-refractivity contribution in [2.75, 3.05) is 19.8 Å². The van der Waals surface area contributed by atoms with Gasteiger partial charge in [0, 0.05) is 6.42 Å². The van der Waals surface area contributed by atoms with Gasteiger partial charge >= 0.3 is 17.9 Å². The van der Waals surface area contributed by atoms with E-state index in [2.05, 4.69) is 0 Å². The van der Waals surface area contributed by atoms with Gasteiger partial charge in [0.1, 0.15) is 0 Å². The number of ether oxygens (including phenoxy) is 3. The summed E-state index contributed by atoms with van der Waals surface area (Å²) in [4.78, 5) is 35.2. The van der Waals surface area contributed by atoms with Gasteiger partial charge in [-0.2, -0.15) is 0 Å². The SMILES string of the molecule is CCOC(=O)C/C=C1\CC1(C(=O)OCC)C(=O)OCC. The Morgan fingerprint density at radius 3 is 1.95 bits per heavy atom. The molecule has 112 valence electrons. The first-order valence-corrected chi connectivity index (χ1v) is 6.72. The highest BCUT2D eigenvalue weighted by molar-refractivity contribution is 6.09. The van der Waals surface area contributed by atoms with Gasteiger partial charge in [-0.15, -0.1) is 0 Å². The second-order valence-corrected chi connectivity index (χ2v) is 4.26. The van der Waals surface area contributed by atoms with Crippen molar-refractivity contribution in [3.8, 4) is 0 Å². The molecular weight excluding hydrogens is 264 g/mol. The van der Waals surface area contributed by atoms with E-state index >= 15 is 0 Å². The maximum atomic E-state index is 11.9. The summed E-state index contributed by atoms with van der Waals surface area (Å²) < 4.78 is 14.6. The topological polar surface area (TPSA) is 78.9 Å². The van der Waals surface area contributed by atoms with Crippen LogP contribution in [0, 0.1) is 5.41 Å². The van der Waals surface area contributed by atoms with Crippen LogP contribution in [0.1, 0.15) is 33.6 Å². The average molecular weight is 284 g/mol. The van der Waals surface area contributed by atoms with Crippen molar-refractivity contribution in [2.45, 2.75) is 33.6 Å². The molecule has 20 heavy (non-hydrogen) atoms. The number of carbonyl (C=O) groups is 3. The van der Waals surface area contributed by atoms with Crippen LogP contribution in [0.2, 0.25) is 0 Å². The standard InChI is InChI=1S/C14H20O6/c1-4-18-11(15)8-7-10-9-14(10,12(16)19-5-2)13(17)20-6-3/h7H,4-6,8-9H2,1-3H3/b10-7+. The number of esters is 3. The van der Waals surface area contributed by atoms with E-state index in [1.54, 1.807) is 26.8 Å². The molecular formula is C14H20O6. The molecule has 0 saturated heterocycles. The van der Waals surface area contributed by atoms with Crippen LogP contribution in [0.25, 0.3) is 0 Å². The molecule has 1 saturated carbocycles. The molecule has 0 aromatic heterocycles. The molecule has 0 heterocycles. The number of hydrogen-bond donors (Lipinski definition) is 0. The van der Waals surface area contributed by atoms with Gasteiger partial charge < -0.3 is 14.2 Å². The normalized spacial score (nSPS) is 17.4. The van der Waals surface area contributed by atoms with Gasteiger partial charge in [0.05, 0.1) is 26.2 Å². The first kappa shape index (κ1) is 16.2. The zero-order valence-corrected chi connectivity index (χ0v) is 12.1. The average Bonchev–Trinajstić information content (AvgIpc) is 3.13. The van der Waals surface area contributed by atoms with E-state index in [1.807, 2.05) is 0 Å². The molecule has 1 aliphatic rings. The second kappa shape index (κ2) is 7.07. The number of rotatable bonds is 7. The quantitative estimate of drug-likeness (QED) is 0.304. The lowest BCUT2D eigenvalue weighted by Gasteiger charge is -2.12. The van der Waals surface area contributed by atoms with E-state index < -0.39 is 23.3 Å². The van der Waals surface area contributed by atoms with Crippen LogP contribution < -0.4 is 0 Å². The summed E-state index contributed by atoms with van der Waals surface area (Å²) >= 11 is 0. The van der Waals surface area contributed by atoms with Crippen molar-refractivity contribution in [2.24, 2.45) is 5.41 Å². The van der Waals surface area contributed by atoms with Gasteiger partial charge in [0.2, 0.25) is 0 Å². The third-order valence-corrected chi connectivity index (χ3v) is 2.95. The summed E-state index contributed by atoms with van der Waals surface area (Å²) in [6.45, 7) is 5.71. The first-order valence-electron chi connectivity index (χ1n) is 6.72. The van der Waals surface area contributed by atoms with Gasteiger partial charge in [0.15, 0.2) is 5.41 Å². The number of hydrogen-bond acceptors (Lipinski definition) is 6. The fourth-order valence-corrected chi connectivity index (χ4v) is 1.91. The van der Waals surface area contributed by atoms with Gasteiger partial charge in [-0.05, 0) is 26.3 Å². The van der Waals surface area contributed by atoms with Crippen molar-refractivity contribution in [3.63, 3.8) is 0 Å². The molecule has 0 aliphatic heterocycles. The van der Waals surface area contributed by atoms with Crippen LogP contribution in [-0.2, 0) is 28.6 Å². The Morgan fingerprint density at radius 1 is 1.00 bits per heavy atom. The predicted octanol–water partition coefficient (Wildman–Crippen LogP) is 1.38. The minimum Gasteiger partial charge on any atom is -0.466 e. The molecule has 6 nitrogen and oxygen atoms in total. The summed E-state index contributed by atoms with van der Waals surface area (Å²) in [6, 6.07) is 0. The highest BCUT2D eigenvalue weighted by Gasteiger charge is 2.64. The van der Waals surface area contributed by atoms with Crippen LogP contribution >= 0.6 is 0 Å². The molecule has 1 fully saturated rings. The largest absolute Gasteiger partial charge is 0.466 e. The first-order chi connectivity index (χ1) is 9.52. The Hall–Kier alpha value is -1.85. The van der Waals surface area contributed by atoms with Crippen LogP contribution in [0.15, 0.2) is 11.6 Å². The molecule has 1 rings (SSSR count).